The van der Waals surface area contributed by atoms with E-state index in [2.05, 4.69) is 17.3 Å². The Morgan fingerprint density at radius 1 is 1.39 bits per heavy atom. The Balaban J connectivity index is 1.76. The molecule has 1 aliphatic heterocycles. The molecule has 1 aliphatic rings. The Hall–Kier alpha value is -0.320. The molecule has 1 N–H and O–H groups in total. The van der Waals surface area contributed by atoms with Gasteiger partial charge in [-0.1, -0.05) is 29.3 Å². The summed E-state index contributed by atoms with van der Waals surface area (Å²) in [6.45, 7) is 4.44. The summed E-state index contributed by atoms with van der Waals surface area (Å²) < 4.78 is 5.68. The van der Waals surface area contributed by atoms with Crippen LogP contribution >= 0.6 is 23.2 Å². The van der Waals surface area contributed by atoms with Crippen molar-refractivity contribution in [2.75, 3.05) is 33.3 Å². The molecular formula is C13H18Cl2N2O. The first-order valence-electron chi connectivity index (χ1n) is 6.10. The number of likely N-dealkylation sites (N-methyl/N-ethyl adjacent to an activating group) is 1. The van der Waals surface area contributed by atoms with Gasteiger partial charge in [-0.3, -0.25) is 0 Å². The highest BCUT2D eigenvalue weighted by atomic mass is 35.5. The van der Waals surface area contributed by atoms with Crippen LogP contribution in [-0.4, -0.2) is 44.3 Å². The summed E-state index contributed by atoms with van der Waals surface area (Å²) in [5, 5.41) is 4.58. The number of halogens is 2. The molecule has 100 valence electrons. The maximum Gasteiger partial charge on any atom is 0.0826 e. The monoisotopic (exact) mass is 288 g/mol. The Labute approximate surface area is 118 Å². The van der Waals surface area contributed by atoms with Crippen molar-refractivity contribution in [3.8, 4) is 0 Å². The van der Waals surface area contributed by atoms with E-state index >= 15 is 0 Å². The summed E-state index contributed by atoms with van der Waals surface area (Å²) in [5.74, 6) is 0. The normalized spacial score (nSPS) is 21.2. The predicted molar refractivity (Wildman–Crippen MR) is 75.4 cm³/mol. The number of benzene rings is 1. The second-order valence-electron chi connectivity index (χ2n) is 4.63. The number of hydrogen-bond acceptors (Lipinski definition) is 3. The number of ether oxygens (including phenoxy) is 1. The molecular weight excluding hydrogens is 271 g/mol. The van der Waals surface area contributed by atoms with Crippen molar-refractivity contribution in [3.05, 3.63) is 33.8 Å². The molecule has 0 bridgehead atoms. The lowest BCUT2D eigenvalue weighted by Gasteiger charge is -2.30. The SMILES string of the molecule is CN1CCOC(CNCc2ccc(Cl)c(Cl)c2)C1. The highest BCUT2D eigenvalue weighted by Gasteiger charge is 2.16. The minimum Gasteiger partial charge on any atom is -0.374 e. The van der Waals surface area contributed by atoms with Crippen molar-refractivity contribution < 1.29 is 4.74 Å². The van der Waals surface area contributed by atoms with Crippen molar-refractivity contribution in [1.82, 2.24) is 10.2 Å². The summed E-state index contributed by atoms with van der Waals surface area (Å²) in [5.41, 5.74) is 1.13. The van der Waals surface area contributed by atoms with Crippen molar-refractivity contribution in [3.63, 3.8) is 0 Å². The van der Waals surface area contributed by atoms with E-state index in [0.717, 1.165) is 38.3 Å². The zero-order chi connectivity index (χ0) is 13.0. The molecule has 3 nitrogen and oxygen atoms in total. The molecule has 0 aliphatic carbocycles. The van der Waals surface area contributed by atoms with E-state index in [1.807, 2.05) is 18.2 Å². The first-order valence-corrected chi connectivity index (χ1v) is 6.85. The van der Waals surface area contributed by atoms with Gasteiger partial charge in [-0.15, -0.1) is 0 Å². The molecule has 1 aromatic rings. The van der Waals surface area contributed by atoms with Gasteiger partial charge >= 0.3 is 0 Å². The summed E-state index contributed by atoms with van der Waals surface area (Å²) in [6.07, 6.45) is 0.270. The second kappa shape index (κ2) is 6.73. The van der Waals surface area contributed by atoms with Gasteiger partial charge in [0.15, 0.2) is 0 Å². The fourth-order valence-corrected chi connectivity index (χ4v) is 2.34. The molecule has 1 saturated heterocycles. The lowest BCUT2D eigenvalue weighted by atomic mass is 10.2. The molecule has 5 heteroatoms. The minimum atomic E-state index is 0.270. The number of nitrogens with zero attached hydrogens (tertiary/aromatic N) is 1. The highest BCUT2D eigenvalue weighted by Crippen LogP contribution is 2.22. The van der Waals surface area contributed by atoms with Crippen LogP contribution in [0.4, 0.5) is 0 Å². The van der Waals surface area contributed by atoms with Crippen LogP contribution in [0.15, 0.2) is 18.2 Å². The first-order chi connectivity index (χ1) is 8.65. The number of rotatable bonds is 4. The Bertz CT molecular complexity index is 401. The third kappa shape index (κ3) is 4.11. The van der Waals surface area contributed by atoms with Gasteiger partial charge in [0.1, 0.15) is 0 Å². The van der Waals surface area contributed by atoms with E-state index in [1.165, 1.54) is 0 Å². The summed E-state index contributed by atoms with van der Waals surface area (Å²) in [6, 6.07) is 5.70. The second-order valence-corrected chi connectivity index (χ2v) is 5.45. The molecule has 1 atom stereocenters. The summed E-state index contributed by atoms with van der Waals surface area (Å²) >= 11 is 11.8. The quantitative estimate of drug-likeness (QED) is 0.921. The molecule has 0 spiro atoms. The first kappa shape index (κ1) is 14.1. The molecule has 2 rings (SSSR count). The van der Waals surface area contributed by atoms with Gasteiger partial charge in [0.05, 0.1) is 22.8 Å². The predicted octanol–water partition coefficient (Wildman–Crippen LogP) is 2.41. The maximum absolute atomic E-state index is 5.97. The van der Waals surface area contributed by atoms with Gasteiger partial charge in [-0.25, -0.2) is 0 Å². The van der Waals surface area contributed by atoms with E-state index in [9.17, 15) is 0 Å². The van der Waals surface area contributed by atoms with E-state index in [4.69, 9.17) is 27.9 Å². The van der Waals surface area contributed by atoms with Crippen LogP contribution in [-0.2, 0) is 11.3 Å². The van der Waals surface area contributed by atoms with Crippen molar-refractivity contribution in [2.24, 2.45) is 0 Å². The molecule has 0 radical (unpaired) electrons. The van der Waals surface area contributed by atoms with Crippen molar-refractivity contribution in [2.45, 2.75) is 12.6 Å². The zero-order valence-corrected chi connectivity index (χ0v) is 12.0. The topological polar surface area (TPSA) is 24.5 Å². The number of morpholine rings is 1. The molecule has 0 saturated carbocycles. The Kier molecular flexibility index (Phi) is 5.27. The standard InChI is InChI=1S/C13H18Cl2N2O/c1-17-4-5-18-11(9-17)8-16-7-10-2-3-12(14)13(15)6-10/h2-3,6,11,16H,4-5,7-9H2,1H3. The van der Waals surface area contributed by atoms with E-state index in [1.54, 1.807) is 0 Å². The maximum atomic E-state index is 5.97. The average molecular weight is 289 g/mol. The van der Waals surface area contributed by atoms with E-state index < -0.39 is 0 Å². The highest BCUT2D eigenvalue weighted by molar-refractivity contribution is 6.42. The van der Waals surface area contributed by atoms with Crippen LogP contribution in [0.1, 0.15) is 5.56 Å². The van der Waals surface area contributed by atoms with Gasteiger partial charge in [0.2, 0.25) is 0 Å². The van der Waals surface area contributed by atoms with Crippen LogP contribution in [0.3, 0.4) is 0 Å². The van der Waals surface area contributed by atoms with Gasteiger partial charge in [0, 0.05) is 26.2 Å². The van der Waals surface area contributed by atoms with E-state index in [-0.39, 0.29) is 6.10 Å². The fourth-order valence-electron chi connectivity index (χ4n) is 2.02. The Morgan fingerprint density at radius 2 is 2.22 bits per heavy atom. The van der Waals surface area contributed by atoms with Gasteiger partial charge in [-0.05, 0) is 24.7 Å². The summed E-state index contributed by atoms with van der Waals surface area (Å²) in [4.78, 5) is 2.29. The molecule has 1 fully saturated rings. The Morgan fingerprint density at radius 3 is 2.94 bits per heavy atom. The molecule has 18 heavy (non-hydrogen) atoms. The molecule has 0 aromatic heterocycles. The smallest absolute Gasteiger partial charge is 0.0826 e. The third-order valence-electron chi connectivity index (χ3n) is 3.03. The average Bonchev–Trinajstić information content (AvgIpc) is 2.34. The van der Waals surface area contributed by atoms with Gasteiger partial charge in [-0.2, -0.15) is 0 Å². The molecule has 1 heterocycles. The summed E-state index contributed by atoms with van der Waals surface area (Å²) in [7, 11) is 2.12. The lowest BCUT2D eigenvalue weighted by Crippen LogP contribution is -2.44. The van der Waals surface area contributed by atoms with E-state index in [0.29, 0.717) is 10.0 Å². The van der Waals surface area contributed by atoms with Crippen molar-refractivity contribution >= 4 is 23.2 Å². The minimum absolute atomic E-state index is 0.270. The van der Waals surface area contributed by atoms with Gasteiger partial charge in [0.25, 0.3) is 0 Å². The zero-order valence-electron chi connectivity index (χ0n) is 10.5. The third-order valence-corrected chi connectivity index (χ3v) is 3.77. The molecule has 1 aromatic carbocycles. The fraction of sp³-hybridized carbons (Fsp3) is 0.538. The van der Waals surface area contributed by atoms with Crippen LogP contribution in [0.25, 0.3) is 0 Å². The molecule has 1 unspecified atom stereocenters. The lowest BCUT2D eigenvalue weighted by molar-refractivity contribution is -0.0182. The van der Waals surface area contributed by atoms with Crippen LogP contribution < -0.4 is 5.32 Å². The number of nitrogens with one attached hydrogen (secondary N) is 1. The number of hydrogen-bond donors (Lipinski definition) is 1. The van der Waals surface area contributed by atoms with Crippen LogP contribution in [0.2, 0.25) is 10.0 Å². The molecule has 0 amide bonds. The van der Waals surface area contributed by atoms with Crippen molar-refractivity contribution in [1.29, 1.82) is 0 Å². The van der Waals surface area contributed by atoms with Gasteiger partial charge < -0.3 is 15.0 Å². The largest absolute Gasteiger partial charge is 0.374 e. The van der Waals surface area contributed by atoms with Crippen LogP contribution in [0, 0.1) is 0 Å². The van der Waals surface area contributed by atoms with Crippen LogP contribution in [0.5, 0.6) is 0 Å².